The van der Waals surface area contributed by atoms with Gasteiger partial charge in [0.15, 0.2) is 0 Å². The van der Waals surface area contributed by atoms with Crippen molar-refractivity contribution in [3.05, 3.63) is 179 Å². The molecule has 0 bridgehead atoms. The number of nitrogens with one attached hydrogen (secondary N) is 1. The second-order valence-electron chi connectivity index (χ2n) is 30.8. The van der Waals surface area contributed by atoms with Gasteiger partial charge in [0.2, 0.25) is 76.8 Å². The van der Waals surface area contributed by atoms with Crippen LogP contribution in [0.25, 0.3) is 0 Å². The SMILES string of the molecule is CNC(=O)CN(CC(=O)O)C(=O)CN(C(=O)CN(C(=O)CN(CC(=O)O)C(=O)CN(C(=O)CN(C(=O)CN(C(=O)CN(C(=O)CN(C(=O)CN(CCN)C(=O)CN(C(=O)CN(C(=O)CSC)C(C)c1ccccc1)C(C)c1ccccc1)C(C)c1ccccc1)C(C)c1ccccc1)C(C)c1ccccc1)C(C)COC)C(C)COC)C(C)COC)C(C)COC. The van der Waals surface area contributed by atoms with Gasteiger partial charge in [-0.25, -0.2) is 0 Å². The van der Waals surface area contributed by atoms with Gasteiger partial charge in [0, 0.05) is 48.6 Å². The average Bonchev–Trinajstić information content (AvgIpc) is 0.813. The molecule has 0 heterocycles. The van der Waals surface area contributed by atoms with Crippen molar-refractivity contribution in [1.29, 1.82) is 0 Å². The molecular weight excluding hydrogens is 1650 g/mol. The van der Waals surface area contributed by atoms with Crippen molar-refractivity contribution in [2.24, 2.45) is 5.73 Å². The first-order valence-corrected chi connectivity index (χ1v) is 42.9. The predicted octanol–water partition coefficient (Wildman–Crippen LogP) is 4.11. The zero-order valence-corrected chi connectivity index (χ0v) is 75.8. The first-order valence-electron chi connectivity index (χ1n) is 41.5. The molecule has 126 heavy (non-hydrogen) atoms. The zero-order valence-electron chi connectivity index (χ0n) is 75.0. The van der Waals surface area contributed by atoms with Gasteiger partial charge in [-0.3, -0.25) is 71.9 Å². The molecule has 0 radical (unpaired) electrons. The van der Waals surface area contributed by atoms with Gasteiger partial charge in [-0.05, 0) is 96.4 Å². The van der Waals surface area contributed by atoms with E-state index in [1.807, 2.05) is 55.5 Å². The number of carboxylic acids is 2. The lowest BCUT2D eigenvalue weighted by Crippen LogP contribution is -2.57. The summed E-state index contributed by atoms with van der Waals surface area (Å²) in [6, 6.07) is 36.7. The highest BCUT2D eigenvalue weighted by atomic mass is 32.2. The fraction of sp³-hybridized carbons (Fsp3) is 0.500. The van der Waals surface area contributed by atoms with Crippen LogP contribution in [0.15, 0.2) is 152 Å². The van der Waals surface area contributed by atoms with Crippen molar-refractivity contribution in [3.8, 4) is 0 Å². The molecule has 5 aromatic carbocycles. The van der Waals surface area contributed by atoms with Crippen LogP contribution >= 0.6 is 11.8 Å². The summed E-state index contributed by atoms with van der Waals surface area (Å²) in [4.78, 5) is 231. The Labute approximate surface area is 742 Å². The van der Waals surface area contributed by atoms with Gasteiger partial charge in [-0.15, -0.1) is 0 Å². The fourth-order valence-corrected chi connectivity index (χ4v) is 14.8. The van der Waals surface area contributed by atoms with E-state index in [0.717, 1.165) is 25.2 Å². The summed E-state index contributed by atoms with van der Waals surface area (Å²) < 4.78 is 21.7. The molecule has 5 rings (SSSR count). The molecule has 0 saturated carbocycles. The van der Waals surface area contributed by atoms with Gasteiger partial charge in [0.05, 0.1) is 93.1 Å². The molecule has 35 nitrogen and oxygen atoms in total. The highest BCUT2D eigenvalue weighted by Gasteiger charge is 2.40. The lowest BCUT2D eigenvalue weighted by Gasteiger charge is -2.38. The van der Waals surface area contributed by atoms with Crippen molar-refractivity contribution >= 4 is 100 Å². The zero-order chi connectivity index (χ0) is 93.4. The second-order valence-corrected chi connectivity index (χ2v) is 31.7. The smallest absolute Gasteiger partial charge is 0.323 e. The van der Waals surface area contributed by atoms with Gasteiger partial charge in [0.25, 0.3) is 0 Å². The predicted molar refractivity (Wildman–Crippen MR) is 472 cm³/mol. The summed E-state index contributed by atoms with van der Waals surface area (Å²) in [7, 11) is 6.59. The minimum absolute atomic E-state index is 0.0755. The number of likely N-dealkylation sites (N-methyl/N-ethyl adjacent to an activating group) is 1. The van der Waals surface area contributed by atoms with Gasteiger partial charge >= 0.3 is 11.9 Å². The number of aliphatic carboxylic acids is 2. The number of nitrogens with zero attached hydrogens (tertiary/aromatic N) is 12. The molecular formula is C90H126N14O21S. The number of thioether (sulfide) groups is 1. The normalized spacial score (nSPS) is 13.2. The van der Waals surface area contributed by atoms with E-state index in [-0.39, 0.29) is 51.2 Å². The number of rotatable bonds is 54. The minimum atomic E-state index is -1.59. The number of carboxylic acid groups (broad SMARTS) is 2. The van der Waals surface area contributed by atoms with Gasteiger partial charge in [-0.2, -0.15) is 11.8 Å². The van der Waals surface area contributed by atoms with E-state index in [0.29, 0.717) is 32.1 Å². The number of benzene rings is 5. The highest BCUT2D eigenvalue weighted by Crippen LogP contribution is 2.30. The summed E-state index contributed by atoms with van der Waals surface area (Å²) in [5, 5.41) is 22.2. The Morgan fingerprint density at radius 3 is 0.754 bits per heavy atom. The summed E-state index contributed by atoms with van der Waals surface area (Å²) in [6.45, 7) is 2.90. The molecule has 9 atom stereocenters. The number of amides is 13. The molecule has 5 aromatic rings. The van der Waals surface area contributed by atoms with Crippen LogP contribution in [-0.4, -0.2) is 361 Å². The summed E-state index contributed by atoms with van der Waals surface area (Å²) in [6.07, 6.45) is 1.78. The third-order valence-corrected chi connectivity index (χ3v) is 22.3. The maximum absolute atomic E-state index is 15.9. The second kappa shape index (κ2) is 53.6. The summed E-state index contributed by atoms with van der Waals surface area (Å²) >= 11 is 1.30. The molecule has 36 heteroatoms. The Morgan fingerprint density at radius 1 is 0.302 bits per heavy atom. The van der Waals surface area contributed by atoms with Crippen LogP contribution in [-0.2, 0) is 90.9 Å². The average molecular weight is 1770 g/mol. The van der Waals surface area contributed by atoms with E-state index in [4.69, 9.17) is 24.7 Å². The molecule has 0 aliphatic heterocycles. The van der Waals surface area contributed by atoms with Crippen LogP contribution in [0.4, 0.5) is 0 Å². The third kappa shape index (κ3) is 32.1. The van der Waals surface area contributed by atoms with Gasteiger partial charge < -0.3 is 99.0 Å². The number of carbonyl (C=O) groups is 15. The molecule has 0 aliphatic carbocycles. The van der Waals surface area contributed by atoms with E-state index in [1.54, 1.807) is 144 Å². The molecule has 0 aliphatic rings. The number of nitrogens with two attached hydrogens (primary N) is 1. The topological polar surface area (TPSA) is 410 Å². The molecule has 0 spiro atoms. The standard InChI is InChI=1S/C90H126N14O21S/c1-62(57-122-11)96(46-78(107)94(55-89(118)119)43-76(105)92-10)82(111)49-98(64(3)59-124-13)80(109)45-95(56-90(120)121)79(108)47-97(63(2)58-123-12)83(112)50-99(65(4)60-125-14)84(113)51-102(68(7)73-35-25-18-26-36-73)86(115)53-103(69(8)74-37-27-19-28-38-74)85(114)52-101(67(6)72-33-23-17-24-34-72)81(110)44-93(42-41-91)77(106)48-100(66(5)71-31-21-16-22-32-71)87(116)54-104(88(117)61-126-15)70(9)75-39-29-20-30-40-75/h16-40,62-70H,41-61,91H2,1-15H3,(H,92,105)(H,118,119)(H,120,121). The number of methoxy groups -OCH3 is 4. The van der Waals surface area contributed by atoms with Gasteiger partial charge in [-0.1, -0.05) is 152 Å². The van der Waals surface area contributed by atoms with Crippen molar-refractivity contribution < 1.29 is 101 Å². The van der Waals surface area contributed by atoms with E-state index >= 15 is 33.6 Å². The largest absolute Gasteiger partial charge is 0.480 e. The van der Waals surface area contributed by atoms with Crippen molar-refractivity contribution in [3.63, 3.8) is 0 Å². The van der Waals surface area contributed by atoms with E-state index in [2.05, 4.69) is 5.32 Å². The molecule has 0 saturated heterocycles. The van der Waals surface area contributed by atoms with Crippen LogP contribution in [0.5, 0.6) is 0 Å². The quantitative estimate of drug-likeness (QED) is 0.0425. The Hall–Kier alpha value is -11.7. The van der Waals surface area contributed by atoms with Gasteiger partial charge in [0.1, 0.15) is 85.1 Å². The van der Waals surface area contributed by atoms with E-state index in [9.17, 15) is 48.6 Å². The van der Waals surface area contributed by atoms with Crippen LogP contribution in [0.2, 0.25) is 0 Å². The molecule has 5 N–H and O–H groups in total. The first kappa shape index (κ1) is 105. The Balaban J connectivity index is 1.53. The third-order valence-electron chi connectivity index (χ3n) is 21.8. The summed E-state index contributed by atoms with van der Waals surface area (Å²) in [5.74, 6) is -13.1. The Kier molecular flexibility index (Phi) is 44.6. The maximum atomic E-state index is 15.9. The maximum Gasteiger partial charge on any atom is 0.323 e. The van der Waals surface area contributed by atoms with E-state index in [1.165, 1.54) is 97.4 Å². The lowest BCUT2D eigenvalue weighted by molar-refractivity contribution is -0.154. The van der Waals surface area contributed by atoms with Crippen LogP contribution in [0.1, 0.15) is 120 Å². The van der Waals surface area contributed by atoms with Crippen LogP contribution in [0, 0.1) is 0 Å². The van der Waals surface area contributed by atoms with Crippen molar-refractivity contribution in [1.82, 2.24) is 64.1 Å². The molecule has 0 fully saturated rings. The Morgan fingerprint density at radius 2 is 0.508 bits per heavy atom. The number of hydrogen-bond acceptors (Lipinski definition) is 21. The van der Waals surface area contributed by atoms with Crippen molar-refractivity contribution in [2.45, 2.75) is 117 Å². The summed E-state index contributed by atoms with van der Waals surface area (Å²) in [5.41, 5.74) is 9.43. The van der Waals surface area contributed by atoms with Crippen LogP contribution < -0.4 is 11.1 Å². The van der Waals surface area contributed by atoms with Crippen molar-refractivity contribution in [2.75, 3.05) is 179 Å². The molecule has 0 aromatic heterocycles. The Bertz CT molecular complexity index is 4380. The molecule has 688 valence electrons. The first-order chi connectivity index (χ1) is 60.0. The number of carbonyl (C=O) groups excluding carboxylic acids is 13. The lowest BCUT2D eigenvalue weighted by atomic mass is 10.0. The monoisotopic (exact) mass is 1770 g/mol. The molecule has 13 amide bonds. The number of hydrogen-bond donors (Lipinski definition) is 4. The molecule has 9 unspecified atom stereocenters. The van der Waals surface area contributed by atoms with Crippen LogP contribution in [0.3, 0.4) is 0 Å². The number of ether oxygens (including phenoxy) is 4. The fourth-order valence-electron chi connectivity index (χ4n) is 14.4. The van der Waals surface area contributed by atoms with E-state index < -0.39 is 229 Å². The minimum Gasteiger partial charge on any atom is -0.480 e. The highest BCUT2D eigenvalue weighted by molar-refractivity contribution is 7.99.